The number of carboxylic acid groups (broad SMARTS) is 1. The van der Waals surface area contributed by atoms with Crippen molar-refractivity contribution in [2.75, 3.05) is 6.61 Å². The molecule has 8 heteroatoms. The van der Waals surface area contributed by atoms with Crippen molar-refractivity contribution in [3.8, 4) is 0 Å². The summed E-state index contributed by atoms with van der Waals surface area (Å²) in [6.07, 6.45) is -7.84. The van der Waals surface area contributed by atoms with Crippen LogP contribution in [0.4, 0.5) is 0 Å². The van der Waals surface area contributed by atoms with Gasteiger partial charge in [-0.25, -0.2) is 4.79 Å². The van der Waals surface area contributed by atoms with Crippen LogP contribution in [0, 0.1) is 0 Å². The fraction of sp³-hybridized carbons (Fsp3) is 0.833. The molecule has 0 amide bonds. The molecule has 0 saturated heterocycles. The van der Waals surface area contributed by atoms with Crippen molar-refractivity contribution in [3.05, 3.63) is 0 Å². The van der Waals surface area contributed by atoms with Gasteiger partial charge >= 0.3 is 35.5 Å². The molecule has 0 aromatic carbocycles. The van der Waals surface area contributed by atoms with E-state index in [-0.39, 0.29) is 29.6 Å². The van der Waals surface area contributed by atoms with Gasteiger partial charge in [0.25, 0.3) is 0 Å². The molecule has 7 nitrogen and oxygen atoms in total. The molecule has 0 aliphatic rings. The minimum atomic E-state index is -2.20. The van der Waals surface area contributed by atoms with Crippen LogP contribution in [0.2, 0.25) is 0 Å². The topological polar surface area (TPSA) is 138 Å². The molecule has 0 aliphatic carbocycles. The van der Waals surface area contributed by atoms with E-state index in [0.29, 0.717) is 0 Å². The molecule has 4 atom stereocenters. The Kier molecular flexibility index (Phi) is 9.00. The Balaban J connectivity index is 0. The number of rotatable bonds is 5. The van der Waals surface area contributed by atoms with Gasteiger partial charge in [-0.2, -0.15) is 0 Å². The van der Waals surface area contributed by atoms with Crippen LogP contribution in [0.3, 0.4) is 0 Å². The number of aliphatic carboxylic acids is 1. The fourth-order valence-corrected chi connectivity index (χ4v) is 0.668. The van der Waals surface area contributed by atoms with E-state index in [4.69, 9.17) is 30.6 Å². The Labute approximate surface area is 102 Å². The summed E-state index contributed by atoms with van der Waals surface area (Å²) < 4.78 is 0. The van der Waals surface area contributed by atoms with Gasteiger partial charge in [0.2, 0.25) is 0 Å². The van der Waals surface area contributed by atoms with Crippen molar-refractivity contribution in [2.45, 2.75) is 24.4 Å². The number of carbonyl (C=O) groups is 1. The first-order valence-corrected chi connectivity index (χ1v) is 3.47. The van der Waals surface area contributed by atoms with E-state index in [1.165, 1.54) is 0 Å². The second kappa shape index (κ2) is 7.55. The molecule has 6 N–H and O–H groups in total. The Morgan fingerprint density at radius 3 is 1.79 bits per heavy atom. The molecule has 80 valence electrons. The minimum absolute atomic E-state index is 0. The SMILES string of the molecule is O=C(O)[C@H](O)[C@@H](O)[C@H](O)[C@H](O)CO.[NaH]. The first kappa shape index (κ1) is 16.7. The average molecular weight is 220 g/mol. The van der Waals surface area contributed by atoms with Crippen LogP contribution < -0.4 is 0 Å². The normalized spacial score (nSPS) is 18.9. The van der Waals surface area contributed by atoms with E-state index in [9.17, 15) is 4.79 Å². The molecule has 0 rings (SSSR count). The summed E-state index contributed by atoms with van der Waals surface area (Å²) in [6.45, 7) is -0.843. The molecule has 0 saturated carbocycles. The Morgan fingerprint density at radius 1 is 1.07 bits per heavy atom. The average Bonchev–Trinajstić information content (AvgIpc) is 2.12. The third-order valence-electron chi connectivity index (χ3n) is 1.51. The number of hydrogen-bond acceptors (Lipinski definition) is 6. The number of carboxylic acids is 1. The third kappa shape index (κ3) is 4.67. The van der Waals surface area contributed by atoms with Crippen LogP contribution >= 0.6 is 0 Å². The molecular weight excluding hydrogens is 207 g/mol. The van der Waals surface area contributed by atoms with Gasteiger partial charge in [-0.15, -0.1) is 0 Å². The quantitative estimate of drug-likeness (QED) is 0.258. The van der Waals surface area contributed by atoms with Crippen molar-refractivity contribution < 1.29 is 35.4 Å². The molecule has 0 heterocycles. The molecule has 0 aromatic heterocycles. The summed E-state index contributed by atoms with van der Waals surface area (Å²) in [4.78, 5) is 10.1. The van der Waals surface area contributed by atoms with Gasteiger partial charge in [0.15, 0.2) is 6.10 Å². The molecule has 0 aliphatic heterocycles. The summed E-state index contributed by atoms with van der Waals surface area (Å²) in [7, 11) is 0. The van der Waals surface area contributed by atoms with Crippen LogP contribution in [-0.4, -0.2) is 97.2 Å². The summed E-state index contributed by atoms with van der Waals surface area (Å²) in [5.74, 6) is -1.73. The monoisotopic (exact) mass is 220 g/mol. The Bertz CT molecular complexity index is 176. The summed E-state index contributed by atoms with van der Waals surface area (Å²) >= 11 is 0. The predicted octanol–water partition coefficient (Wildman–Crippen LogP) is -4.14. The second-order valence-electron chi connectivity index (χ2n) is 2.51. The molecule has 0 spiro atoms. The zero-order valence-corrected chi connectivity index (χ0v) is 6.61. The van der Waals surface area contributed by atoms with Crippen LogP contribution in [0.15, 0.2) is 0 Å². The van der Waals surface area contributed by atoms with E-state index in [2.05, 4.69) is 0 Å². The van der Waals surface area contributed by atoms with Gasteiger partial charge in [0.05, 0.1) is 6.61 Å². The van der Waals surface area contributed by atoms with E-state index < -0.39 is 37.0 Å². The van der Waals surface area contributed by atoms with Gasteiger partial charge in [0.1, 0.15) is 18.3 Å². The van der Waals surface area contributed by atoms with Crippen molar-refractivity contribution in [1.29, 1.82) is 0 Å². The number of hydrogen-bond donors (Lipinski definition) is 6. The van der Waals surface area contributed by atoms with Crippen molar-refractivity contribution >= 4 is 35.5 Å². The summed E-state index contributed by atoms with van der Waals surface area (Å²) in [5, 5.41) is 51.8. The van der Waals surface area contributed by atoms with Gasteiger partial charge < -0.3 is 30.6 Å². The number of aliphatic hydroxyl groups excluding tert-OH is 5. The maximum absolute atomic E-state index is 10.1. The molecule has 0 radical (unpaired) electrons. The standard InChI is InChI=1S/C6H12O7.Na.H/c7-1-2(8)3(9)4(10)5(11)6(12)13;;/h2-5,7-11H,1H2,(H,12,13);;/t2-,3-,4+,5-;;/m1../s1. The maximum atomic E-state index is 10.1. The van der Waals surface area contributed by atoms with Crippen molar-refractivity contribution in [1.82, 2.24) is 0 Å². The zero-order valence-electron chi connectivity index (χ0n) is 6.61. The van der Waals surface area contributed by atoms with Crippen molar-refractivity contribution in [2.24, 2.45) is 0 Å². The number of aliphatic hydroxyl groups is 5. The molecule has 0 unspecified atom stereocenters. The van der Waals surface area contributed by atoms with Crippen molar-refractivity contribution in [3.63, 3.8) is 0 Å². The summed E-state index contributed by atoms with van der Waals surface area (Å²) in [6, 6.07) is 0. The van der Waals surface area contributed by atoms with E-state index in [1.54, 1.807) is 0 Å². The van der Waals surface area contributed by atoms with Gasteiger partial charge in [-0.3, -0.25) is 0 Å². The third-order valence-corrected chi connectivity index (χ3v) is 1.51. The Morgan fingerprint density at radius 2 is 1.50 bits per heavy atom. The first-order valence-electron chi connectivity index (χ1n) is 3.47. The van der Waals surface area contributed by atoms with E-state index >= 15 is 0 Å². The molecule has 0 bridgehead atoms. The fourth-order valence-electron chi connectivity index (χ4n) is 0.668. The van der Waals surface area contributed by atoms with E-state index in [0.717, 1.165) is 0 Å². The van der Waals surface area contributed by atoms with Gasteiger partial charge in [-0.05, 0) is 0 Å². The van der Waals surface area contributed by atoms with Gasteiger partial charge in [-0.1, -0.05) is 0 Å². The molecule has 14 heavy (non-hydrogen) atoms. The molecular formula is C6H13NaO7. The van der Waals surface area contributed by atoms with E-state index in [1.807, 2.05) is 0 Å². The zero-order chi connectivity index (χ0) is 10.6. The molecule has 0 fully saturated rings. The van der Waals surface area contributed by atoms with Crippen LogP contribution in [0.5, 0.6) is 0 Å². The Hall–Kier alpha value is 0.270. The molecule has 0 aromatic rings. The predicted molar refractivity (Wildman–Crippen MR) is 45.9 cm³/mol. The van der Waals surface area contributed by atoms with Gasteiger partial charge in [0, 0.05) is 0 Å². The second-order valence-corrected chi connectivity index (χ2v) is 2.51. The van der Waals surface area contributed by atoms with Crippen LogP contribution in [0.25, 0.3) is 0 Å². The van der Waals surface area contributed by atoms with Crippen LogP contribution in [0.1, 0.15) is 0 Å². The summed E-state index contributed by atoms with van der Waals surface area (Å²) in [5.41, 5.74) is 0. The first-order chi connectivity index (χ1) is 5.91. The van der Waals surface area contributed by atoms with Crippen LogP contribution in [-0.2, 0) is 4.79 Å².